The zero-order valence-corrected chi connectivity index (χ0v) is 38.9. The predicted molar refractivity (Wildman–Crippen MR) is 222 cm³/mol. The van der Waals surface area contributed by atoms with Crippen molar-refractivity contribution < 1.29 is 154 Å². The van der Waals surface area contributed by atoms with E-state index in [1.54, 1.807) is 0 Å². The van der Waals surface area contributed by atoms with Crippen molar-refractivity contribution in [2.24, 2.45) is 0 Å². The highest BCUT2D eigenvalue weighted by atomic mass is 16.8. The Balaban J connectivity index is 1.25. The summed E-state index contributed by atoms with van der Waals surface area (Å²) < 4.78 is 62.6. The zero-order chi connectivity index (χ0) is 53.9. The van der Waals surface area contributed by atoms with Crippen LogP contribution >= 0.6 is 0 Å². The van der Waals surface area contributed by atoms with Gasteiger partial charge in [0.05, 0.1) is 39.6 Å². The molecule has 6 fully saturated rings. The van der Waals surface area contributed by atoms with Crippen molar-refractivity contribution in [3.05, 3.63) is 0 Å². The topological polar surface area (TPSA) is 524 Å². The second-order valence-electron chi connectivity index (χ2n) is 18.2. The van der Waals surface area contributed by atoms with Gasteiger partial charge in [0.1, 0.15) is 146 Å². The number of hydrogen-bond donors (Lipinski definition) is 20. The van der Waals surface area contributed by atoms with E-state index in [4.69, 9.17) is 52.1 Å². The van der Waals surface area contributed by atoms with Crippen molar-refractivity contribution in [3.63, 3.8) is 0 Å². The minimum Gasteiger partial charge on any atom is -0.394 e. The Hall–Kier alpha value is -2.22. The number of amides is 2. The lowest BCUT2D eigenvalue weighted by Gasteiger charge is -2.51. The van der Waals surface area contributed by atoms with Crippen LogP contribution in [0, 0.1) is 0 Å². The third-order valence-corrected chi connectivity index (χ3v) is 13.2. The Kier molecular flexibility index (Phi) is 21.3. The fourth-order valence-corrected chi connectivity index (χ4v) is 9.32. The van der Waals surface area contributed by atoms with Crippen molar-refractivity contribution >= 4 is 11.8 Å². The van der Waals surface area contributed by atoms with Crippen LogP contribution < -0.4 is 10.6 Å². The van der Waals surface area contributed by atoms with Crippen LogP contribution in [0.1, 0.15) is 13.8 Å². The summed E-state index contributed by atoms with van der Waals surface area (Å²) in [4.78, 5) is 25.3. The van der Waals surface area contributed by atoms with Crippen LogP contribution in [0.25, 0.3) is 0 Å². The first kappa shape index (κ1) is 60.0. The minimum absolute atomic E-state index is 0.838. The maximum absolute atomic E-state index is 12.8. The lowest BCUT2D eigenvalue weighted by atomic mass is 9.93. The lowest BCUT2D eigenvalue weighted by Crippen LogP contribution is -2.71. The quantitative estimate of drug-likeness (QED) is 0.0606. The second-order valence-corrected chi connectivity index (χ2v) is 18.2. The van der Waals surface area contributed by atoms with E-state index in [-0.39, 0.29) is 0 Å². The predicted octanol–water partition coefficient (Wildman–Crippen LogP) is -13.8. The number of aliphatic hydroxyl groups is 18. The molecule has 30 atom stereocenters. The van der Waals surface area contributed by atoms with Gasteiger partial charge in [0.15, 0.2) is 37.7 Å². The molecule has 0 spiro atoms. The molecule has 6 aliphatic heterocycles. The van der Waals surface area contributed by atoms with Crippen LogP contribution in [0.4, 0.5) is 0 Å². The Morgan fingerprint density at radius 1 is 0.329 bits per heavy atom. The molecule has 2 amide bonds. The van der Waals surface area contributed by atoms with Gasteiger partial charge in [0.2, 0.25) is 11.8 Å². The maximum Gasteiger partial charge on any atom is 0.217 e. The number of aliphatic hydroxyl groups excluding tert-OH is 18. The molecule has 0 unspecified atom stereocenters. The van der Waals surface area contributed by atoms with Crippen molar-refractivity contribution in [2.75, 3.05) is 39.6 Å². The van der Waals surface area contributed by atoms with Gasteiger partial charge in [-0.25, -0.2) is 0 Å². The fraction of sp³-hybridized carbons (Fsp3) is 0.950. The molecular weight excluding hydrogens is 1000 g/mol. The highest BCUT2D eigenvalue weighted by molar-refractivity contribution is 5.73. The summed E-state index contributed by atoms with van der Waals surface area (Å²) >= 11 is 0. The van der Waals surface area contributed by atoms with E-state index < -0.39 is 236 Å². The number of hydrogen-bond acceptors (Lipinski definition) is 31. The van der Waals surface area contributed by atoms with Gasteiger partial charge < -0.3 is 155 Å². The van der Waals surface area contributed by atoms with Gasteiger partial charge in [-0.05, 0) is 0 Å². The molecule has 0 saturated carbocycles. The molecule has 0 aliphatic carbocycles. The van der Waals surface area contributed by atoms with Gasteiger partial charge in [-0.2, -0.15) is 0 Å². The molecule has 0 aromatic heterocycles. The van der Waals surface area contributed by atoms with E-state index in [0.29, 0.717) is 0 Å². The highest BCUT2D eigenvalue weighted by Crippen LogP contribution is 2.37. The van der Waals surface area contributed by atoms with Crippen LogP contribution in [-0.4, -0.2) is 327 Å². The lowest BCUT2D eigenvalue weighted by molar-refractivity contribution is -0.385. The first-order chi connectivity index (χ1) is 34.5. The molecular formula is C40H68N2O31. The van der Waals surface area contributed by atoms with Crippen LogP contribution in [0.15, 0.2) is 0 Å². The Labute approximate surface area is 413 Å². The molecule has 0 aromatic carbocycles. The average molecular weight is 1070 g/mol. The molecule has 6 saturated heterocycles. The molecule has 33 heteroatoms. The second kappa shape index (κ2) is 26.0. The first-order valence-corrected chi connectivity index (χ1v) is 23.1. The van der Waals surface area contributed by atoms with Gasteiger partial charge in [-0.1, -0.05) is 0 Å². The summed E-state index contributed by atoms with van der Waals surface area (Å²) in [6.45, 7) is -3.85. The van der Waals surface area contributed by atoms with Crippen LogP contribution in [0.2, 0.25) is 0 Å². The summed E-state index contributed by atoms with van der Waals surface area (Å²) in [5.74, 6) is -1.72. The van der Waals surface area contributed by atoms with Crippen molar-refractivity contribution in [3.8, 4) is 0 Å². The largest absolute Gasteiger partial charge is 0.394 e. The average Bonchev–Trinajstić information content (AvgIpc) is 3.35. The van der Waals surface area contributed by atoms with E-state index in [1.165, 1.54) is 0 Å². The zero-order valence-electron chi connectivity index (χ0n) is 38.9. The Morgan fingerprint density at radius 2 is 0.658 bits per heavy atom. The van der Waals surface area contributed by atoms with Gasteiger partial charge in [-0.3, -0.25) is 9.59 Å². The van der Waals surface area contributed by atoms with Crippen LogP contribution in [-0.2, 0) is 61.7 Å². The summed E-state index contributed by atoms with van der Waals surface area (Å²) in [6, 6.07) is -3.56. The normalized spacial score (nSPS) is 49.8. The maximum atomic E-state index is 12.8. The Morgan fingerprint density at radius 3 is 1.11 bits per heavy atom. The molecule has 0 bridgehead atoms. The smallest absolute Gasteiger partial charge is 0.217 e. The molecule has 20 N–H and O–H groups in total. The van der Waals surface area contributed by atoms with E-state index in [1.807, 2.05) is 0 Å². The van der Waals surface area contributed by atoms with Gasteiger partial charge in [0, 0.05) is 13.8 Å². The van der Waals surface area contributed by atoms with Crippen molar-refractivity contribution in [1.82, 2.24) is 10.6 Å². The molecule has 73 heavy (non-hydrogen) atoms. The number of ether oxygens (including phenoxy) is 11. The third kappa shape index (κ3) is 12.9. The van der Waals surface area contributed by atoms with Gasteiger partial charge in [-0.15, -0.1) is 0 Å². The van der Waals surface area contributed by atoms with Crippen LogP contribution in [0.3, 0.4) is 0 Å². The molecule has 0 aromatic rings. The number of rotatable bonds is 18. The summed E-state index contributed by atoms with van der Waals surface area (Å²) in [6.07, 6.45) is -53.5. The van der Waals surface area contributed by atoms with E-state index in [9.17, 15) is 102 Å². The first-order valence-electron chi connectivity index (χ1n) is 23.1. The molecule has 6 aliphatic rings. The highest BCUT2D eigenvalue weighted by Gasteiger charge is 2.58. The molecule has 33 nitrogen and oxygen atoms in total. The summed E-state index contributed by atoms with van der Waals surface area (Å²) in [5, 5.41) is 197. The number of carbonyl (C=O) groups excluding carboxylic acids is 2. The SMILES string of the molecule is CC(=O)N[C@H]1[C@H](O[C@H]2[C@@H](O)[C@@H](CO)O[C@@H](O[C@H]3[C@H](O)[C@@H](CO)O[C@@H](O[C@H]4[C@@H](O)[C@@H](CO)O[C@@H](O[C@H]5[C@H](O)[C@@H](O)[C@H](O)O[C@@H]5CO)[C@@H]4O)[C@@H]3NC(C)=O)[C@@H]2O)O[C@H](CO)[C@@H](O[C@@H]2O[C@H](CO)[C@H](O)[C@H](O)[C@H]2O)[C@@H]1O. The summed E-state index contributed by atoms with van der Waals surface area (Å²) in [5.41, 5.74) is 0. The molecule has 424 valence electrons. The van der Waals surface area contributed by atoms with Gasteiger partial charge in [0.25, 0.3) is 0 Å². The monoisotopic (exact) mass is 1070 g/mol. The van der Waals surface area contributed by atoms with E-state index in [0.717, 1.165) is 13.8 Å². The molecule has 0 radical (unpaired) electrons. The van der Waals surface area contributed by atoms with E-state index >= 15 is 0 Å². The summed E-state index contributed by atoms with van der Waals surface area (Å²) in [7, 11) is 0. The minimum atomic E-state index is -2.25. The molecule has 6 rings (SSSR count). The fourth-order valence-electron chi connectivity index (χ4n) is 9.32. The van der Waals surface area contributed by atoms with Crippen LogP contribution in [0.5, 0.6) is 0 Å². The number of nitrogens with one attached hydrogen (secondary N) is 2. The van der Waals surface area contributed by atoms with Crippen molar-refractivity contribution in [1.29, 1.82) is 0 Å². The third-order valence-electron chi connectivity index (χ3n) is 13.2. The van der Waals surface area contributed by atoms with Crippen molar-refractivity contribution in [2.45, 2.75) is 198 Å². The molecule has 6 heterocycles. The number of carbonyl (C=O) groups is 2. The standard InChI is InChI=1S/C40H68N2O31/c1-9(49)41-17-23(55)30(69-38-27(59)24(56)19(51)11(3-43)65-38)16(8-48)68-36(17)72-33-21(53)14(6-46)67-40(29(33)61)71-32-18(42-10(2)50)37(64-12(4-44)20(32)52)73-34-22(54)13(5-45)66-39(28(34)60)70-31-15(7-47)63-35(62)26(58)25(31)57/h11-40,43-48,51-62H,3-8H2,1-2H3,(H,41,49)(H,42,50)/t11-,12-,13-,14-,15-,16-,17-,18-,19+,20-,21+,22+,23-,24+,25-,26-,27-,28-,29-,30-,31-,32-,33+,34+,35-,36+,37+,38+,39+,40+/m1/s1. The van der Waals surface area contributed by atoms with E-state index in [2.05, 4.69) is 10.6 Å². The van der Waals surface area contributed by atoms with Gasteiger partial charge >= 0.3 is 0 Å². The Bertz CT molecular complexity index is 1750.